The Labute approximate surface area is 230 Å². The fourth-order valence-electron chi connectivity index (χ4n) is 3.97. The number of para-hydroxylation sites is 1. The van der Waals surface area contributed by atoms with Crippen molar-refractivity contribution in [3.63, 3.8) is 0 Å². The van der Waals surface area contributed by atoms with E-state index in [1.807, 2.05) is 60.7 Å². The molecule has 0 fully saturated rings. The molecule has 39 heavy (non-hydrogen) atoms. The third kappa shape index (κ3) is 7.43. The van der Waals surface area contributed by atoms with Crippen LogP contribution in [0, 0.1) is 5.92 Å². The van der Waals surface area contributed by atoms with Gasteiger partial charge in [0.05, 0.1) is 16.1 Å². The molecule has 0 radical (unpaired) electrons. The molecule has 0 bridgehead atoms. The number of aromatic nitrogens is 1. The predicted molar refractivity (Wildman–Crippen MR) is 153 cm³/mol. The summed E-state index contributed by atoms with van der Waals surface area (Å²) < 4.78 is 39.9. The molecule has 4 aromatic rings. The molecule has 0 unspecified atom stereocenters. The highest BCUT2D eigenvalue weighted by atomic mass is 32.2. The zero-order valence-electron chi connectivity index (χ0n) is 22.8. The van der Waals surface area contributed by atoms with Gasteiger partial charge >= 0.3 is 5.97 Å². The van der Waals surface area contributed by atoms with Crippen LogP contribution in [0.25, 0.3) is 22.0 Å². The number of sulfonamides is 1. The quantitative estimate of drug-likeness (QED) is 0.254. The first-order valence-electron chi connectivity index (χ1n) is 12.8. The number of rotatable bonds is 9. The van der Waals surface area contributed by atoms with Gasteiger partial charge in [0.2, 0.25) is 10.0 Å². The summed E-state index contributed by atoms with van der Waals surface area (Å²) in [6.45, 7) is 9.13. The fraction of sp³-hybridized carbons (Fsp3) is 0.290. The van der Waals surface area contributed by atoms with Crippen molar-refractivity contribution in [2.24, 2.45) is 5.92 Å². The molecule has 0 aliphatic carbocycles. The monoisotopic (exact) mass is 546 g/mol. The van der Waals surface area contributed by atoms with Gasteiger partial charge in [-0.3, -0.25) is 4.79 Å². The molecule has 0 aliphatic heterocycles. The number of nitrogens with one attached hydrogen (secondary N) is 1. The van der Waals surface area contributed by atoms with Crippen molar-refractivity contribution in [2.45, 2.75) is 57.8 Å². The largest absolute Gasteiger partial charge is 0.487 e. The summed E-state index contributed by atoms with van der Waals surface area (Å²) in [6, 6.07) is 25.1. The molecule has 1 aromatic heterocycles. The van der Waals surface area contributed by atoms with Crippen LogP contribution in [0.5, 0.6) is 5.75 Å². The van der Waals surface area contributed by atoms with Gasteiger partial charge in [0.25, 0.3) is 0 Å². The number of ether oxygens (including phenoxy) is 2. The van der Waals surface area contributed by atoms with Crippen LogP contribution in [0.2, 0.25) is 0 Å². The van der Waals surface area contributed by atoms with Crippen molar-refractivity contribution in [2.75, 3.05) is 0 Å². The molecule has 7 nitrogen and oxygen atoms in total. The van der Waals surface area contributed by atoms with E-state index < -0.39 is 27.6 Å². The lowest BCUT2D eigenvalue weighted by Crippen LogP contribution is -2.47. The van der Waals surface area contributed by atoms with Crippen molar-refractivity contribution >= 4 is 26.9 Å². The molecular weight excluding hydrogens is 512 g/mol. The number of carbonyl (C=O) groups is 1. The second kappa shape index (κ2) is 11.6. The third-order valence-electron chi connectivity index (χ3n) is 6.00. The van der Waals surface area contributed by atoms with E-state index in [2.05, 4.69) is 9.71 Å². The standard InChI is InChI=1S/C31H34N2O5S/c1-21(2)29(30(34)38-31(3,4)5)33-39(35,36)27-18-13-23(14-19-27)22-11-16-26(17-12-22)37-20-25-15-10-24-8-6-7-9-28(24)32-25/h6-19,21,29,33H,20H2,1-5H3/t29-/m1/s1. The van der Waals surface area contributed by atoms with Crippen LogP contribution in [0.1, 0.15) is 40.3 Å². The smallest absolute Gasteiger partial charge is 0.324 e. The van der Waals surface area contributed by atoms with E-state index in [0.717, 1.165) is 27.7 Å². The average Bonchev–Trinajstić information content (AvgIpc) is 2.89. The number of fused-ring (bicyclic) bond motifs is 1. The molecule has 204 valence electrons. The Bertz CT molecular complexity index is 1540. The SMILES string of the molecule is CC(C)[C@@H](NS(=O)(=O)c1ccc(-c2ccc(OCc3ccc4ccccc4n3)cc2)cc1)C(=O)OC(C)(C)C. The summed E-state index contributed by atoms with van der Waals surface area (Å²) in [4.78, 5) is 17.3. The minimum absolute atomic E-state index is 0.0725. The number of hydrogen-bond acceptors (Lipinski definition) is 6. The zero-order valence-corrected chi connectivity index (χ0v) is 23.7. The Morgan fingerprint density at radius 3 is 2.10 bits per heavy atom. The predicted octanol–water partition coefficient (Wildman–Crippen LogP) is 6.13. The first-order valence-corrected chi connectivity index (χ1v) is 14.3. The summed E-state index contributed by atoms with van der Waals surface area (Å²) in [5, 5.41) is 1.09. The van der Waals surface area contributed by atoms with Crippen LogP contribution in [-0.4, -0.2) is 31.0 Å². The molecule has 3 aromatic carbocycles. The van der Waals surface area contributed by atoms with Crippen LogP contribution in [0.15, 0.2) is 89.8 Å². The van der Waals surface area contributed by atoms with Crippen molar-refractivity contribution in [1.29, 1.82) is 0 Å². The Balaban J connectivity index is 1.41. The maximum atomic E-state index is 13.0. The topological polar surface area (TPSA) is 94.6 Å². The Morgan fingerprint density at radius 1 is 0.872 bits per heavy atom. The lowest BCUT2D eigenvalue weighted by atomic mass is 10.1. The zero-order chi connectivity index (χ0) is 28.2. The maximum Gasteiger partial charge on any atom is 0.324 e. The number of carbonyl (C=O) groups excluding carboxylic acids is 1. The lowest BCUT2D eigenvalue weighted by Gasteiger charge is -2.26. The van der Waals surface area contributed by atoms with Crippen molar-refractivity contribution in [3.8, 4) is 16.9 Å². The summed E-state index contributed by atoms with van der Waals surface area (Å²) in [7, 11) is -3.94. The number of nitrogens with zero attached hydrogens (tertiary/aromatic N) is 1. The Morgan fingerprint density at radius 2 is 1.49 bits per heavy atom. The highest BCUT2D eigenvalue weighted by Crippen LogP contribution is 2.25. The maximum absolute atomic E-state index is 13.0. The molecule has 0 amide bonds. The average molecular weight is 547 g/mol. The highest BCUT2D eigenvalue weighted by molar-refractivity contribution is 7.89. The van der Waals surface area contributed by atoms with Crippen molar-refractivity contribution in [1.82, 2.24) is 9.71 Å². The molecule has 1 heterocycles. The second-order valence-electron chi connectivity index (χ2n) is 10.7. The Hall–Kier alpha value is -3.75. The van der Waals surface area contributed by atoms with Crippen LogP contribution in [0.3, 0.4) is 0 Å². The van der Waals surface area contributed by atoms with Gasteiger partial charge < -0.3 is 9.47 Å². The summed E-state index contributed by atoms with van der Waals surface area (Å²) in [5.41, 5.74) is 2.82. The van der Waals surface area contributed by atoms with Crippen LogP contribution < -0.4 is 9.46 Å². The van der Waals surface area contributed by atoms with Gasteiger partial charge in [0.15, 0.2) is 0 Å². The van der Waals surface area contributed by atoms with E-state index >= 15 is 0 Å². The van der Waals surface area contributed by atoms with E-state index in [9.17, 15) is 13.2 Å². The molecule has 1 atom stereocenters. The van der Waals surface area contributed by atoms with E-state index in [0.29, 0.717) is 12.4 Å². The van der Waals surface area contributed by atoms with E-state index in [4.69, 9.17) is 9.47 Å². The van der Waals surface area contributed by atoms with Crippen LogP contribution >= 0.6 is 0 Å². The summed E-state index contributed by atoms with van der Waals surface area (Å²) in [5.74, 6) is -0.179. The number of hydrogen-bond donors (Lipinski definition) is 1. The van der Waals surface area contributed by atoms with Gasteiger partial charge in [0, 0.05) is 5.39 Å². The normalized spacial score (nSPS) is 12.9. The molecule has 8 heteroatoms. The first kappa shape index (κ1) is 28.3. The lowest BCUT2D eigenvalue weighted by molar-refractivity contribution is -0.158. The van der Waals surface area contributed by atoms with Gasteiger partial charge in [-0.2, -0.15) is 4.72 Å². The number of pyridine rings is 1. The molecule has 0 spiro atoms. The number of esters is 1. The molecular formula is C31H34N2O5S. The fourth-order valence-corrected chi connectivity index (χ4v) is 5.31. The minimum Gasteiger partial charge on any atom is -0.487 e. The van der Waals surface area contributed by atoms with Gasteiger partial charge in [-0.15, -0.1) is 0 Å². The van der Waals surface area contributed by atoms with Crippen LogP contribution in [0.4, 0.5) is 0 Å². The van der Waals surface area contributed by atoms with Crippen LogP contribution in [-0.2, 0) is 26.2 Å². The highest BCUT2D eigenvalue weighted by Gasteiger charge is 2.32. The van der Waals surface area contributed by atoms with Gasteiger partial charge in [0.1, 0.15) is 24.0 Å². The van der Waals surface area contributed by atoms with E-state index in [1.165, 1.54) is 12.1 Å². The first-order chi connectivity index (χ1) is 18.4. The van der Waals surface area contributed by atoms with Crippen molar-refractivity contribution in [3.05, 3.63) is 90.6 Å². The third-order valence-corrected chi connectivity index (χ3v) is 7.46. The van der Waals surface area contributed by atoms with Gasteiger partial charge in [-0.1, -0.05) is 62.4 Å². The second-order valence-corrected chi connectivity index (χ2v) is 12.4. The molecule has 4 rings (SSSR count). The van der Waals surface area contributed by atoms with E-state index in [-0.39, 0.29) is 10.8 Å². The summed E-state index contributed by atoms with van der Waals surface area (Å²) >= 11 is 0. The van der Waals surface area contributed by atoms with Gasteiger partial charge in [-0.05, 0) is 74.2 Å². The number of benzene rings is 3. The van der Waals surface area contributed by atoms with E-state index in [1.54, 1.807) is 46.8 Å². The summed E-state index contributed by atoms with van der Waals surface area (Å²) in [6.07, 6.45) is 0. The Kier molecular flexibility index (Phi) is 8.37. The molecule has 0 aliphatic rings. The van der Waals surface area contributed by atoms with Gasteiger partial charge in [-0.25, -0.2) is 13.4 Å². The van der Waals surface area contributed by atoms with Crippen molar-refractivity contribution < 1.29 is 22.7 Å². The molecule has 0 saturated carbocycles. The minimum atomic E-state index is -3.94. The molecule has 1 N–H and O–H groups in total. The molecule has 0 saturated heterocycles.